The van der Waals surface area contributed by atoms with Crippen LogP contribution in [0.2, 0.25) is 0 Å². The normalized spacial score (nSPS) is 10.4. The van der Waals surface area contributed by atoms with Crippen LogP contribution in [0, 0.1) is 19.8 Å². The smallest absolute Gasteiger partial charge is 0.233 e. The molecule has 0 aliphatic carbocycles. The van der Waals surface area contributed by atoms with Crippen LogP contribution < -0.4 is 10.6 Å². The Morgan fingerprint density at radius 1 is 1.10 bits per heavy atom. The summed E-state index contributed by atoms with van der Waals surface area (Å²) in [4.78, 5) is 23.5. The van der Waals surface area contributed by atoms with E-state index in [2.05, 4.69) is 24.5 Å². The molecule has 0 fully saturated rings. The van der Waals surface area contributed by atoms with Gasteiger partial charge in [-0.25, -0.2) is 0 Å². The summed E-state index contributed by atoms with van der Waals surface area (Å²) in [6, 6.07) is 5.82. The summed E-state index contributed by atoms with van der Waals surface area (Å²) in [5.41, 5.74) is 2.80. The lowest BCUT2D eigenvalue weighted by Crippen LogP contribution is -2.29. The molecule has 20 heavy (non-hydrogen) atoms. The fourth-order valence-electron chi connectivity index (χ4n) is 1.90. The van der Waals surface area contributed by atoms with Crippen molar-refractivity contribution in [2.45, 2.75) is 40.5 Å². The zero-order valence-corrected chi connectivity index (χ0v) is 12.7. The largest absolute Gasteiger partial charge is 0.356 e. The molecule has 4 heteroatoms. The summed E-state index contributed by atoms with van der Waals surface area (Å²) in [6.07, 6.45) is 0.788. The molecule has 0 saturated carbocycles. The molecule has 1 aromatic rings. The predicted octanol–water partition coefficient (Wildman–Crippen LogP) is 2.79. The van der Waals surface area contributed by atoms with E-state index in [0.29, 0.717) is 12.5 Å². The van der Waals surface area contributed by atoms with Crippen molar-refractivity contribution in [1.82, 2.24) is 5.32 Å². The van der Waals surface area contributed by atoms with E-state index in [1.807, 2.05) is 32.0 Å². The van der Waals surface area contributed by atoms with Crippen molar-refractivity contribution in [2.75, 3.05) is 11.9 Å². The number of aryl methyl sites for hydroxylation is 2. The highest BCUT2D eigenvalue weighted by Crippen LogP contribution is 2.19. The maximum atomic E-state index is 11.9. The van der Waals surface area contributed by atoms with Crippen LogP contribution in [-0.2, 0) is 9.59 Å². The van der Waals surface area contributed by atoms with Crippen molar-refractivity contribution in [3.63, 3.8) is 0 Å². The molecule has 0 spiro atoms. The predicted molar refractivity (Wildman–Crippen MR) is 81.6 cm³/mol. The third kappa shape index (κ3) is 5.43. The summed E-state index contributed by atoms with van der Waals surface area (Å²) in [7, 11) is 0. The Bertz CT molecular complexity index is 461. The molecular weight excluding hydrogens is 252 g/mol. The summed E-state index contributed by atoms with van der Waals surface area (Å²) >= 11 is 0. The maximum Gasteiger partial charge on any atom is 0.233 e. The summed E-state index contributed by atoms with van der Waals surface area (Å²) in [5.74, 6) is 0.0394. The van der Waals surface area contributed by atoms with Gasteiger partial charge in [-0.05, 0) is 37.3 Å². The quantitative estimate of drug-likeness (QED) is 0.785. The fourth-order valence-corrected chi connectivity index (χ4v) is 1.90. The van der Waals surface area contributed by atoms with Crippen LogP contribution in [0.15, 0.2) is 18.2 Å². The number of para-hydroxylation sites is 1. The van der Waals surface area contributed by atoms with Crippen molar-refractivity contribution in [3.05, 3.63) is 29.3 Å². The number of hydrogen-bond acceptors (Lipinski definition) is 2. The molecule has 1 aromatic carbocycles. The Kier molecular flexibility index (Phi) is 6.22. The highest BCUT2D eigenvalue weighted by Gasteiger charge is 2.11. The van der Waals surface area contributed by atoms with Gasteiger partial charge < -0.3 is 10.6 Å². The Labute approximate surface area is 121 Å². The van der Waals surface area contributed by atoms with Gasteiger partial charge in [0.15, 0.2) is 0 Å². The van der Waals surface area contributed by atoms with Gasteiger partial charge in [0.25, 0.3) is 0 Å². The monoisotopic (exact) mass is 276 g/mol. The number of anilines is 1. The Hall–Kier alpha value is -1.84. The molecule has 0 bridgehead atoms. The van der Waals surface area contributed by atoms with Crippen LogP contribution in [0.3, 0.4) is 0 Å². The van der Waals surface area contributed by atoms with E-state index in [0.717, 1.165) is 23.2 Å². The third-order valence-electron chi connectivity index (χ3n) is 3.11. The average Bonchev–Trinajstić information content (AvgIpc) is 2.33. The van der Waals surface area contributed by atoms with Crippen LogP contribution in [0.1, 0.15) is 37.8 Å². The molecule has 4 nitrogen and oxygen atoms in total. The molecular formula is C16H24N2O2. The van der Waals surface area contributed by atoms with Crippen molar-refractivity contribution in [3.8, 4) is 0 Å². The first-order valence-electron chi connectivity index (χ1n) is 7.03. The fraction of sp³-hybridized carbons (Fsp3) is 0.500. The average molecular weight is 276 g/mol. The maximum absolute atomic E-state index is 11.9. The Morgan fingerprint density at radius 3 is 2.25 bits per heavy atom. The van der Waals surface area contributed by atoms with Crippen LogP contribution in [-0.4, -0.2) is 18.4 Å². The number of hydrogen-bond donors (Lipinski definition) is 2. The second kappa shape index (κ2) is 7.68. The standard InChI is InChI=1S/C16H24N2O2/c1-11(2)8-9-17-14(19)10-15(20)18-16-12(3)6-5-7-13(16)4/h5-7,11H,8-10H2,1-4H3,(H,17,19)(H,18,20). The number of carbonyl (C=O) groups excluding carboxylic acids is 2. The van der Waals surface area contributed by atoms with Gasteiger partial charge in [0.05, 0.1) is 0 Å². The van der Waals surface area contributed by atoms with E-state index in [1.54, 1.807) is 0 Å². The van der Waals surface area contributed by atoms with E-state index in [1.165, 1.54) is 0 Å². The molecule has 0 radical (unpaired) electrons. The molecule has 0 aromatic heterocycles. The Morgan fingerprint density at radius 2 is 1.70 bits per heavy atom. The molecule has 2 N–H and O–H groups in total. The highest BCUT2D eigenvalue weighted by atomic mass is 16.2. The number of carbonyl (C=O) groups is 2. The first kappa shape index (κ1) is 16.2. The highest BCUT2D eigenvalue weighted by molar-refractivity contribution is 6.04. The van der Waals surface area contributed by atoms with E-state index < -0.39 is 0 Å². The van der Waals surface area contributed by atoms with Gasteiger partial charge in [-0.2, -0.15) is 0 Å². The SMILES string of the molecule is Cc1cccc(C)c1NC(=O)CC(=O)NCCC(C)C. The van der Waals surface area contributed by atoms with E-state index in [9.17, 15) is 9.59 Å². The van der Waals surface area contributed by atoms with Gasteiger partial charge in [0, 0.05) is 12.2 Å². The van der Waals surface area contributed by atoms with Crippen molar-refractivity contribution in [1.29, 1.82) is 0 Å². The molecule has 0 aliphatic rings. The summed E-state index contributed by atoms with van der Waals surface area (Å²) in [5, 5.41) is 5.57. The molecule has 1 rings (SSSR count). The lowest BCUT2D eigenvalue weighted by Gasteiger charge is -2.11. The van der Waals surface area contributed by atoms with Crippen molar-refractivity contribution >= 4 is 17.5 Å². The first-order valence-corrected chi connectivity index (χ1v) is 7.03. The van der Waals surface area contributed by atoms with Crippen LogP contribution in [0.25, 0.3) is 0 Å². The second-order valence-electron chi connectivity index (χ2n) is 5.52. The van der Waals surface area contributed by atoms with Gasteiger partial charge in [-0.1, -0.05) is 32.0 Å². The molecule has 0 heterocycles. The van der Waals surface area contributed by atoms with Gasteiger partial charge in [0.1, 0.15) is 6.42 Å². The lowest BCUT2D eigenvalue weighted by molar-refractivity contribution is -0.126. The van der Waals surface area contributed by atoms with Gasteiger partial charge in [-0.3, -0.25) is 9.59 Å². The van der Waals surface area contributed by atoms with Crippen molar-refractivity contribution in [2.24, 2.45) is 5.92 Å². The minimum absolute atomic E-state index is 0.133. The molecule has 0 saturated heterocycles. The first-order chi connectivity index (χ1) is 9.40. The second-order valence-corrected chi connectivity index (χ2v) is 5.52. The van der Waals surface area contributed by atoms with Crippen molar-refractivity contribution < 1.29 is 9.59 Å². The topological polar surface area (TPSA) is 58.2 Å². The van der Waals surface area contributed by atoms with Crippen LogP contribution in [0.5, 0.6) is 0 Å². The molecule has 2 amide bonds. The molecule has 0 unspecified atom stereocenters. The molecule has 0 atom stereocenters. The zero-order valence-electron chi connectivity index (χ0n) is 12.7. The van der Waals surface area contributed by atoms with Gasteiger partial charge in [-0.15, -0.1) is 0 Å². The van der Waals surface area contributed by atoms with E-state index in [-0.39, 0.29) is 18.2 Å². The molecule has 0 aliphatic heterocycles. The number of nitrogens with one attached hydrogen (secondary N) is 2. The summed E-state index contributed by atoms with van der Waals surface area (Å²) < 4.78 is 0. The van der Waals surface area contributed by atoms with Crippen LogP contribution in [0.4, 0.5) is 5.69 Å². The van der Waals surface area contributed by atoms with Crippen LogP contribution >= 0.6 is 0 Å². The zero-order chi connectivity index (χ0) is 15.1. The number of amides is 2. The summed E-state index contributed by atoms with van der Waals surface area (Å²) in [6.45, 7) is 8.68. The minimum atomic E-state index is -0.274. The molecule has 110 valence electrons. The van der Waals surface area contributed by atoms with E-state index in [4.69, 9.17) is 0 Å². The third-order valence-corrected chi connectivity index (χ3v) is 3.11. The minimum Gasteiger partial charge on any atom is -0.356 e. The number of benzene rings is 1. The number of rotatable bonds is 6. The van der Waals surface area contributed by atoms with Gasteiger partial charge >= 0.3 is 0 Å². The lowest BCUT2D eigenvalue weighted by atomic mass is 10.1. The van der Waals surface area contributed by atoms with E-state index >= 15 is 0 Å². The van der Waals surface area contributed by atoms with Gasteiger partial charge in [0.2, 0.25) is 11.8 Å². The Balaban J connectivity index is 2.45.